The van der Waals surface area contributed by atoms with Gasteiger partial charge in [-0.15, -0.1) is 0 Å². The van der Waals surface area contributed by atoms with Crippen LogP contribution in [0, 0.1) is 0 Å². The summed E-state index contributed by atoms with van der Waals surface area (Å²) in [4.78, 5) is 17.8. The number of alkyl halides is 3. The van der Waals surface area contributed by atoms with Gasteiger partial charge in [0.05, 0.1) is 19.2 Å². The lowest BCUT2D eigenvalue weighted by Gasteiger charge is -2.19. The molecular weight excluding hydrogens is 339 g/mol. The highest BCUT2D eigenvalue weighted by molar-refractivity contribution is 5.75. The molecule has 9 heteroatoms. The van der Waals surface area contributed by atoms with Gasteiger partial charge in [0, 0.05) is 5.56 Å². The molecule has 3 rings (SSSR count). The number of halogens is 3. The summed E-state index contributed by atoms with van der Waals surface area (Å²) in [6.45, 7) is 0.991. The number of hydrogen-bond acceptors (Lipinski definition) is 6. The fraction of sp³-hybridized carbons (Fsp3) is 0.438. The van der Waals surface area contributed by atoms with Crippen LogP contribution in [0.15, 0.2) is 28.8 Å². The molecule has 0 saturated carbocycles. The van der Waals surface area contributed by atoms with Crippen LogP contribution < -0.4 is 0 Å². The van der Waals surface area contributed by atoms with E-state index in [0.29, 0.717) is 24.4 Å². The van der Waals surface area contributed by atoms with Crippen LogP contribution in [0.2, 0.25) is 0 Å². The molecule has 0 N–H and O–H groups in total. The van der Waals surface area contributed by atoms with Crippen molar-refractivity contribution in [1.29, 1.82) is 0 Å². The van der Waals surface area contributed by atoms with Gasteiger partial charge in [-0.1, -0.05) is 17.3 Å². The van der Waals surface area contributed by atoms with Crippen molar-refractivity contribution in [3.63, 3.8) is 0 Å². The third kappa shape index (κ3) is 3.81. The number of nitrogens with zero attached hydrogens (tertiary/aromatic N) is 3. The number of aromatic nitrogens is 2. The molecule has 0 radical (unpaired) electrons. The number of ether oxygens (including phenoxy) is 1. The molecule has 0 amide bonds. The van der Waals surface area contributed by atoms with Gasteiger partial charge in [-0.3, -0.25) is 9.69 Å². The average molecular weight is 355 g/mol. The van der Waals surface area contributed by atoms with Crippen molar-refractivity contribution < 1.29 is 27.2 Å². The van der Waals surface area contributed by atoms with Gasteiger partial charge in [0.2, 0.25) is 11.7 Å². The van der Waals surface area contributed by atoms with E-state index in [4.69, 9.17) is 9.26 Å². The quantitative estimate of drug-likeness (QED) is 0.786. The van der Waals surface area contributed by atoms with Gasteiger partial charge < -0.3 is 9.26 Å². The van der Waals surface area contributed by atoms with Gasteiger partial charge in [0.25, 0.3) is 0 Å². The molecule has 1 saturated heterocycles. The van der Waals surface area contributed by atoms with E-state index in [9.17, 15) is 18.0 Å². The summed E-state index contributed by atoms with van der Waals surface area (Å²) in [6, 6.07) is 4.19. The Kier molecular flexibility index (Phi) is 4.76. The largest absolute Gasteiger partial charge is 0.468 e. The molecule has 25 heavy (non-hydrogen) atoms. The average Bonchev–Trinajstić information content (AvgIpc) is 3.23. The van der Waals surface area contributed by atoms with Crippen molar-refractivity contribution in [2.24, 2.45) is 0 Å². The van der Waals surface area contributed by atoms with E-state index in [2.05, 4.69) is 10.1 Å². The van der Waals surface area contributed by atoms with E-state index in [1.807, 2.05) is 4.90 Å². The monoisotopic (exact) mass is 355 g/mol. The predicted molar refractivity (Wildman–Crippen MR) is 80.2 cm³/mol. The summed E-state index contributed by atoms with van der Waals surface area (Å²) in [5.74, 6) is 0.197. The van der Waals surface area contributed by atoms with Crippen LogP contribution in [0.1, 0.15) is 24.3 Å². The molecular formula is C16H16F3N3O3. The first kappa shape index (κ1) is 17.4. The SMILES string of the molecule is COC(=O)[C@@H]1CCCN1Cc1nc(-c2ccc(C(F)(F)F)cc2)no1. The highest BCUT2D eigenvalue weighted by Crippen LogP contribution is 2.30. The zero-order chi connectivity index (χ0) is 18.0. The van der Waals surface area contributed by atoms with Crippen molar-refractivity contribution in [1.82, 2.24) is 15.0 Å². The summed E-state index contributed by atoms with van der Waals surface area (Å²) in [5, 5.41) is 3.80. The van der Waals surface area contributed by atoms with E-state index in [-0.39, 0.29) is 24.4 Å². The number of methoxy groups -OCH3 is 1. The number of carbonyl (C=O) groups excluding carboxylic acids is 1. The Hall–Kier alpha value is -2.42. The third-order valence-electron chi connectivity index (χ3n) is 4.11. The lowest BCUT2D eigenvalue weighted by molar-refractivity contribution is -0.146. The Labute approximate surface area is 141 Å². The molecule has 6 nitrogen and oxygen atoms in total. The smallest absolute Gasteiger partial charge is 0.416 e. The lowest BCUT2D eigenvalue weighted by atomic mass is 10.1. The fourth-order valence-corrected chi connectivity index (χ4v) is 2.84. The molecule has 1 atom stereocenters. The van der Waals surface area contributed by atoms with Gasteiger partial charge in [-0.2, -0.15) is 18.2 Å². The number of likely N-dealkylation sites (tertiary alicyclic amines) is 1. The van der Waals surface area contributed by atoms with Crippen LogP contribution in [0.25, 0.3) is 11.4 Å². The maximum atomic E-state index is 12.6. The second-order valence-electron chi connectivity index (χ2n) is 5.74. The standard InChI is InChI=1S/C16H16F3N3O3/c1-24-15(23)12-3-2-8-22(12)9-13-20-14(21-25-13)10-4-6-11(7-5-10)16(17,18)19/h4-7,12H,2-3,8-9H2,1H3/t12-/m0/s1. The molecule has 1 fully saturated rings. The maximum Gasteiger partial charge on any atom is 0.416 e. The molecule has 0 unspecified atom stereocenters. The fourth-order valence-electron chi connectivity index (χ4n) is 2.84. The van der Waals surface area contributed by atoms with Gasteiger partial charge in [0.15, 0.2) is 0 Å². The Bertz CT molecular complexity index is 743. The van der Waals surface area contributed by atoms with E-state index in [1.54, 1.807) is 0 Å². The van der Waals surface area contributed by atoms with Gasteiger partial charge in [0.1, 0.15) is 6.04 Å². The van der Waals surface area contributed by atoms with Crippen LogP contribution in [-0.2, 0) is 22.3 Å². The van der Waals surface area contributed by atoms with Crippen LogP contribution in [0.5, 0.6) is 0 Å². The Morgan fingerprint density at radius 1 is 1.36 bits per heavy atom. The molecule has 2 heterocycles. The molecule has 1 aromatic heterocycles. The third-order valence-corrected chi connectivity index (χ3v) is 4.11. The van der Waals surface area contributed by atoms with Crippen LogP contribution in [0.4, 0.5) is 13.2 Å². The molecule has 0 bridgehead atoms. The number of carbonyl (C=O) groups is 1. The van der Waals surface area contributed by atoms with Crippen LogP contribution in [-0.4, -0.2) is 40.7 Å². The minimum absolute atomic E-state index is 0.206. The van der Waals surface area contributed by atoms with E-state index >= 15 is 0 Å². The second kappa shape index (κ2) is 6.83. The lowest BCUT2D eigenvalue weighted by Crippen LogP contribution is -2.36. The Morgan fingerprint density at radius 3 is 2.72 bits per heavy atom. The molecule has 2 aromatic rings. The van der Waals surface area contributed by atoms with Crippen LogP contribution >= 0.6 is 0 Å². The molecule has 0 spiro atoms. The first-order valence-electron chi connectivity index (χ1n) is 7.70. The zero-order valence-electron chi connectivity index (χ0n) is 13.4. The molecule has 134 valence electrons. The molecule has 1 aliphatic rings. The zero-order valence-corrected chi connectivity index (χ0v) is 13.4. The first-order chi connectivity index (χ1) is 11.9. The minimum atomic E-state index is -4.39. The summed E-state index contributed by atoms with van der Waals surface area (Å²) < 4.78 is 47.7. The topological polar surface area (TPSA) is 68.5 Å². The van der Waals surface area contributed by atoms with Crippen molar-refractivity contribution in [3.8, 4) is 11.4 Å². The summed E-state index contributed by atoms with van der Waals surface area (Å²) in [5.41, 5.74) is -0.313. The summed E-state index contributed by atoms with van der Waals surface area (Å²) in [6.07, 6.45) is -2.83. The summed E-state index contributed by atoms with van der Waals surface area (Å²) in [7, 11) is 1.34. The van der Waals surface area contributed by atoms with Gasteiger partial charge >= 0.3 is 12.1 Å². The Morgan fingerprint density at radius 2 is 2.08 bits per heavy atom. The van der Waals surface area contributed by atoms with Gasteiger partial charge in [-0.25, -0.2) is 0 Å². The number of esters is 1. The maximum absolute atomic E-state index is 12.6. The molecule has 1 aliphatic heterocycles. The van der Waals surface area contributed by atoms with Crippen molar-refractivity contribution >= 4 is 5.97 Å². The van der Waals surface area contributed by atoms with E-state index in [0.717, 1.165) is 18.6 Å². The Balaban J connectivity index is 1.71. The van der Waals surface area contributed by atoms with Gasteiger partial charge in [-0.05, 0) is 31.5 Å². The van der Waals surface area contributed by atoms with Crippen LogP contribution in [0.3, 0.4) is 0 Å². The van der Waals surface area contributed by atoms with Crippen molar-refractivity contribution in [3.05, 3.63) is 35.7 Å². The second-order valence-corrected chi connectivity index (χ2v) is 5.74. The van der Waals surface area contributed by atoms with E-state index in [1.165, 1.54) is 19.2 Å². The molecule has 1 aromatic carbocycles. The van der Waals surface area contributed by atoms with Crippen molar-refractivity contribution in [2.45, 2.75) is 31.6 Å². The highest BCUT2D eigenvalue weighted by atomic mass is 19.4. The predicted octanol–water partition coefficient (Wildman–Crippen LogP) is 2.89. The number of hydrogen-bond donors (Lipinski definition) is 0. The molecule has 0 aliphatic carbocycles. The number of benzene rings is 1. The first-order valence-corrected chi connectivity index (χ1v) is 7.70. The van der Waals surface area contributed by atoms with E-state index < -0.39 is 11.7 Å². The number of rotatable bonds is 4. The summed E-state index contributed by atoms with van der Waals surface area (Å²) >= 11 is 0. The highest BCUT2D eigenvalue weighted by Gasteiger charge is 2.33. The normalized spacial score (nSPS) is 18.5. The minimum Gasteiger partial charge on any atom is -0.468 e. The van der Waals surface area contributed by atoms with Crippen molar-refractivity contribution in [2.75, 3.05) is 13.7 Å².